The average Bonchev–Trinajstić information content (AvgIpc) is 3.00. The van der Waals surface area contributed by atoms with Crippen molar-refractivity contribution in [2.45, 2.75) is 12.5 Å². The normalized spacial score (nSPS) is 12.2. The van der Waals surface area contributed by atoms with Crippen molar-refractivity contribution in [3.63, 3.8) is 0 Å². The second kappa shape index (κ2) is 5.68. The van der Waals surface area contributed by atoms with Gasteiger partial charge in [-0.1, -0.05) is 17.3 Å². The molecule has 3 aromatic rings. The highest BCUT2D eigenvalue weighted by Gasteiger charge is 2.17. The fraction of sp³-hybridized carbons (Fsp3) is 0.143. The number of aromatic hydroxyl groups is 1. The molecule has 1 aromatic carbocycles. The molecule has 0 unspecified atom stereocenters. The van der Waals surface area contributed by atoms with E-state index >= 15 is 0 Å². The van der Waals surface area contributed by atoms with Crippen LogP contribution in [0.2, 0.25) is 0 Å². The average molecular weight is 283 g/mol. The van der Waals surface area contributed by atoms with Gasteiger partial charge < -0.3 is 15.4 Å². The Morgan fingerprint density at radius 3 is 2.52 bits per heavy atom. The van der Waals surface area contributed by atoms with Crippen LogP contribution in [0.25, 0.3) is 11.6 Å². The van der Waals surface area contributed by atoms with E-state index in [4.69, 9.17) is 10.3 Å². The Morgan fingerprint density at radius 1 is 1.10 bits per heavy atom. The predicted octanol–water partition coefficient (Wildman–Crippen LogP) is 1.47. The van der Waals surface area contributed by atoms with E-state index in [-0.39, 0.29) is 5.75 Å². The third-order valence-corrected chi connectivity index (χ3v) is 2.92. The van der Waals surface area contributed by atoms with Crippen molar-refractivity contribution >= 4 is 0 Å². The summed E-state index contributed by atoms with van der Waals surface area (Å²) in [5.41, 5.74) is 7.03. The number of hydrogen-bond acceptors (Lipinski definition) is 7. The van der Waals surface area contributed by atoms with Crippen LogP contribution in [0.4, 0.5) is 0 Å². The van der Waals surface area contributed by atoms with Gasteiger partial charge in [-0.3, -0.25) is 0 Å². The molecule has 7 heteroatoms. The molecule has 0 saturated heterocycles. The second-order valence-electron chi connectivity index (χ2n) is 4.51. The number of phenolic OH excluding ortho intramolecular Hbond substituents is 1. The number of phenols is 1. The Balaban J connectivity index is 1.75. The number of aromatic nitrogens is 4. The molecule has 0 aliphatic heterocycles. The van der Waals surface area contributed by atoms with Crippen LogP contribution < -0.4 is 5.73 Å². The summed E-state index contributed by atoms with van der Waals surface area (Å²) in [4.78, 5) is 12.3. The first-order valence-corrected chi connectivity index (χ1v) is 6.37. The zero-order valence-corrected chi connectivity index (χ0v) is 11.0. The number of nitrogens with zero attached hydrogens (tertiary/aromatic N) is 4. The van der Waals surface area contributed by atoms with E-state index in [1.165, 1.54) is 0 Å². The minimum absolute atomic E-state index is 0.216. The summed E-state index contributed by atoms with van der Waals surface area (Å²) in [6.45, 7) is 0. The maximum Gasteiger partial charge on any atom is 0.244 e. The fourth-order valence-electron chi connectivity index (χ4n) is 1.86. The van der Waals surface area contributed by atoms with E-state index in [9.17, 15) is 5.11 Å². The monoisotopic (exact) mass is 283 g/mol. The largest absolute Gasteiger partial charge is 0.508 e. The first-order chi connectivity index (χ1) is 10.2. The molecule has 0 spiro atoms. The molecule has 1 atom stereocenters. The standard InChI is InChI=1S/C14H13N5O2/c15-11(8-9-2-4-10(20)5-3-9)14-18-13(19-21-14)12-16-6-1-7-17-12/h1-7,11,20H,8,15H2/t11-/m1/s1. The number of rotatable bonds is 4. The Hall–Kier alpha value is -2.80. The molecule has 21 heavy (non-hydrogen) atoms. The summed E-state index contributed by atoms with van der Waals surface area (Å²) >= 11 is 0. The zero-order valence-electron chi connectivity index (χ0n) is 11.0. The van der Waals surface area contributed by atoms with Gasteiger partial charge in [0.05, 0.1) is 6.04 Å². The van der Waals surface area contributed by atoms with Crippen molar-refractivity contribution in [3.05, 3.63) is 54.2 Å². The molecule has 0 bridgehead atoms. The molecular weight excluding hydrogens is 270 g/mol. The van der Waals surface area contributed by atoms with Gasteiger partial charge in [0.2, 0.25) is 17.5 Å². The highest BCUT2D eigenvalue weighted by Crippen LogP contribution is 2.18. The van der Waals surface area contributed by atoms with Crippen LogP contribution >= 0.6 is 0 Å². The van der Waals surface area contributed by atoms with Crippen LogP contribution in [-0.4, -0.2) is 25.2 Å². The number of benzene rings is 1. The van der Waals surface area contributed by atoms with Gasteiger partial charge in [-0.05, 0) is 30.2 Å². The lowest BCUT2D eigenvalue weighted by Crippen LogP contribution is -2.13. The molecule has 106 valence electrons. The third-order valence-electron chi connectivity index (χ3n) is 2.92. The van der Waals surface area contributed by atoms with Crippen molar-refractivity contribution in [1.29, 1.82) is 0 Å². The van der Waals surface area contributed by atoms with Crippen molar-refractivity contribution < 1.29 is 9.63 Å². The lowest BCUT2D eigenvalue weighted by Gasteiger charge is -2.06. The summed E-state index contributed by atoms with van der Waals surface area (Å²) in [7, 11) is 0. The van der Waals surface area contributed by atoms with Gasteiger partial charge in [-0.2, -0.15) is 4.98 Å². The van der Waals surface area contributed by atoms with Crippen LogP contribution in [0.3, 0.4) is 0 Å². The topological polar surface area (TPSA) is 111 Å². The lowest BCUT2D eigenvalue weighted by atomic mass is 10.1. The first kappa shape index (κ1) is 13.2. The Morgan fingerprint density at radius 2 is 1.81 bits per heavy atom. The van der Waals surface area contributed by atoms with Gasteiger partial charge in [0, 0.05) is 12.4 Å². The van der Waals surface area contributed by atoms with Crippen molar-refractivity contribution in [1.82, 2.24) is 20.1 Å². The summed E-state index contributed by atoms with van der Waals surface area (Å²) in [5.74, 6) is 1.25. The maximum absolute atomic E-state index is 9.25. The maximum atomic E-state index is 9.25. The van der Waals surface area contributed by atoms with Gasteiger partial charge in [-0.25, -0.2) is 9.97 Å². The molecule has 7 nitrogen and oxygen atoms in total. The molecule has 0 radical (unpaired) electrons. The van der Waals surface area contributed by atoms with Crippen molar-refractivity contribution in [2.75, 3.05) is 0 Å². The summed E-state index contributed by atoms with van der Waals surface area (Å²) in [6.07, 6.45) is 3.74. The van der Waals surface area contributed by atoms with Gasteiger partial charge in [0.1, 0.15) is 5.75 Å². The van der Waals surface area contributed by atoms with Crippen LogP contribution in [0.15, 0.2) is 47.2 Å². The molecule has 0 amide bonds. The first-order valence-electron chi connectivity index (χ1n) is 6.37. The quantitative estimate of drug-likeness (QED) is 0.745. The zero-order chi connectivity index (χ0) is 14.7. The third kappa shape index (κ3) is 3.03. The predicted molar refractivity (Wildman–Crippen MR) is 74.1 cm³/mol. The Kier molecular flexibility index (Phi) is 3.57. The van der Waals surface area contributed by atoms with Gasteiger partial charge in [0.15, 0.2) is 0 Å². The molecular formula is C14H13N5O2. The summed E-state index contributed by atoms with van der Waals surface area (Å²) < 4.78 is 5.16. The van der Waals surface area contributed by atoms with E-state index in [0.717, 1.165) is 5.56 Å². The van der Waals surface area contributed by atoms with Gasteiger partial charge >= 0.3 is 0 Å². The molecule has 0 aliphatic carbocycles. The Bertz CT molecular complexity index is 712. The highest BCUT2D eigenvalue weighted by molar-refractivity contribution is 5.40. The number of hydrogen-bond donors (Lipinski definition) is 2. The van der Waals surface area contributed by atoms with Gasteiger partial charge in [0.25, 0.3) is 0 Å². The second-order valence-corrected chi connectivity index (χ2v) is 4.51. The molecule has 2 heterocycles. The van der Waals surface area contributed by atoms with E-state index in [1.807, 2.05) is 0 Å². The van der Waals surface area contributed by atoms with E-state index in [1.54, 1.807) is 42.7 Å². The van der Waals surface area contributed by atoms with Crippen molar-refractivity contribution in [3.8, 4) is 17.4 Å². The molecule has 0 aliphatic rings. The van der Waals surface area contributed by atoms with E-state index in [2.05, 4.69) is 20.1 Å². The fourth-order valence-corrected chi connectivity index (χ4v) is 1.86. The van der Waals surface area contributed by atoms with Crippen LogP contribution in [0.1, 0.15) is 17.5 Å². The summed E-state index contributed by atoms with van der Waals surface area (Å²) in [6, 6.07) is 8.10. The van der Waals surface area contributed by atoms with E-state index < -0.39 is 6.04 Å². The van der Waals surface area contributed by atoms with Crippen LogP contribution in [0.5, 0.6) is 5.75 Å². The molecule has 0 saturated carbocycles. The molecule has 2 aromatic heterocycles. The van der Waals surface area contributed by atoms with Crippen LogP contribution in [0, 0.1) is 0 Å². The molecule has 0 fully saturated rings. The van der Waals surface area contributed by atoms with Gasteiger partial charge in [-0.15, -0.1) is 0 Å². The highest BCUT2D eigenvalue weighted by atomic mass is 16.5. The number of nitrogens with two attached hydrogens (primary N) is 1. The van der Waals surface area contributed by atoms with Crippen molar-refractivity contribution in [2.24, 2.45) is 5.73 Å². The molecule has 3 rings (SSSR count). The Labute approximate surface area is 120 Å². The lowest BCUT2D eigenvalue weighted by molar-refractivity contribution is 0.354. The van der Waals surface area contributed by atoms with Crippen LogP contribution in [-0.2, 0) is 6.42 Å². The minimum atomic E-state index is -0.431. The van der Waals surface area contributed by atoms with E-state index in [0.29, 0.717) is 24.0 Å². The molecule has 3 N–H and O–H groups in total. The SMILES string of the molecule is N[C@H](Cc1ccc(O)cc1)c1nc(-c2ncccn2)no1. The smallest absolute Gasteiger partial charge is 0.244 e. The summed E-state index contributed by atoms with van der Waals surface area (Å²) in [5, 5.41) is 13.1. The minimum Gasteiger partial charge on any atom is -0.508 e.